The van der Waals surface area contributed by atoms with Gasteiger partial charge in [-0.25, -0.2) is 9.97 Å². The average Bonchev–Trinajstić information content (AvgIpc) is 2.17. The van der Waals surface area contributed by atoms with Gasteiger partial charge in [-0.1, -0.05) is 6.92 Å². The highest BCUT2D eigenvalue weighted by molar-refractivity contribution is 4.98. The van der Waals surface area contributed by atoms with E-state index in [4.69, 9.17) is 0 Å². The number of aromatic nitrogens is 2. The van der Waals surface area contributed by atoms with E-state index in [9.17, 15) is 0 Å². The molecular formula is C10H15N3. The molecule has 0 spiro atoms. The van der Waals surface area contributed by atoms with Crippen molar-refractivity contribution in [1.29, 1.82) is 0 Å². The molecule has 0 amide bonds. The van der Waals surface area contributed by atoms with Gasteiger partial charge in [0.05, 0.1) is 5.69 Å². The van der Waals surface area contributed by atoms with Crippen LogP contribution in [0.5, 0.6) is 0 Å². The van der Waals surface area contributed by atoms with Crippen LogP contribution in [0.1, 0.15) is 25.5 Å². The Hall–Kier alpha value is -0.960. The van der Waals surface area contributed by atoms with Gasteiger partial charge in [-0.3, -0.25) is 0 Å². The van der Waals surface area contributed by atoms with Crippen molar-refractivity contribution >= 4 is 0 Å². The first-order chi connectivity index (χ1) is 6.36. The molecule has 2 unspecified atom stereocenters. The standard InChI is InChI=1S/C10H15N3/c1-8-2-3-10(8)12-6-9-4-5-11-7-13-9/h4-5,7-8,10,12H,2-3,6H2,1H3. The smallest absolute Gasteiger partial charge is 0.115 e. The van der Waals surface area contributed by atoms with E-state index in [1.807, 2.05) is 6.07 Å². The molecule has 0 bridgehead atoms. The predicted octanol–water partition coefficient (Wildman–Crippen LogP) is 1.36. The maximum absolute atomic E-state index is 4.16. The minimum Gasteiger partial charge on any atom is -0.308 e. The largest absolute Gasteiger partial charge is 0.308 e. The minimum atomic E-state index is 0.704. The van der Waals surface area contributed by atoms with E-state index >= 15 is 0 Å². The van der Waals surface area contributed by atoms with Crippen LogP contribution in [0.3, 0.4) is 0 Å². The first-order valence-electron chi connectivity index (χ1n) is 4.84. The predicted molar refractivity (Wildman–Crippen MR) is 51.1 cm³/mol. The van der Waals surface area contributed by atoms with Crippen molar-refractivity contribution in [3.8, 4) is 0 Å². The summed E-state index contributed by atoms with van der Waals surface area (Å²) in [6, 6.07) is 2.66. The van der Waals surface area contributed by atoms with Gasteiger partial charge < -0.3 is 5.32 Å². The van der Waals surface area contributed by atoms with Gasteiger partial charge in [-0.2, -0.15) is 0 Å². The summed E-state index contributed by atoms with van der Waals surface area (Å²) in [6.45, 7) is 3.17. The second-order valence-corrected chi connectivity index (χ2v) is 3.74. The average molecular weight is 177 g/mol. The zero-order valence-corrected chi connectivity index (χ0v) is 7.90. The van der Waals surface area contributed by atoms with Gasteiger partial charge in [0.2, 0.25) is 0 Å². The third kappa shape index (κ3) is 2.04. The molecule has 0 aliphatic heterocycles. The lowest BCUT2D eigenvalue weighted by Crippen LogP contribution is -2.42. The van der Waals surface area contributed by atoms with Crippen LogP contribution < -0.4 is 5.32 Å². The molecule has 2 atom stereocenters. The molecule has 1 aromatic rings. The molecule has 1 heterocycles. The van der Waals surface area contributed by atoms with Gasteiger partial charge in [0.15, 0.2) is 0 Å². The quantitative estimate of drug-likeness (QED) is 0.757. The van der Waals surface area contributed by atoms with Crippen LogP contribution in [0.4, 0.5) is 0 Å². The summed E-state index contributed by atoms with van der Waals surface area (Å²) in [5, 5.41) is 3.49. The molecule has 0 aromatic carbocycles. The molecule has 0 radical (unpaired) electrons. The van der Waals surface area contributed by atoms with Gasteiger partial charge in [0.1, 0.15) is 6.33 Å². The molecular weight excluding hydrogens is 162 g/mol. The van der Waals surface area contributed by atoms with Gasteiger partial charge in [-0.05, 0) is 24.8 Å². The molecule has 0 saturated heterocycles. The topological polar surface area (TPSA) is 37.8 Å². The first kappa shape index (κ1) is 8.63. The summed E-state index contributed by atoms with van der Waals surface area (Å²) in [4.78, 5) is 8.04. The molecule has 1 fully saturated rings. The van der Waals surface area contributed by atoms with Crippen molar-refractivity contribution in [1.82, 2.24) is 15.3 Å². The van der Waals surface area contributed by atoms with E-state index in [2.05, 4.69) is 22.2 Å². The Morgan fingerprint density at radius 3 is 3.00 bits per heavy atom. The van der Waals surface area contributed by atoms with E-state index in [1.54, 1.807) is 12.5 Å². The maximum atomic E-state index is 4.16. The summed E-state index contributed by atoms with van der Waals surface area (Å²) in [5.41, 5.74) is 1.08. The Morgan fingerprint density at radius 1 is 1.54 bits per heavy atom. The zero-order chi connectivity index (χ0) is 9.10. The summed E-state index contributed by atoms with van der Waals surface area (Å²) < 4.78 is 0. The first-order valence-corrected chi connectivity index (χ1v) is 4.84. The van der Waals surface area contributed by atoms with E-state index in [0.717, 1.165) is 18.2 Å². The van der Waals surface area contributed by atoms with Crippen LogP contribution in [-0.2, 0) is 6.54 Å². The second-order valence-electron chi connectivity index (χ2n) is 3.74. The van der Waals surface area contributed by atoms with Crippen LogP contribution in [0.25, 0.3) is 0 Å². The molecule has 2 rings (SSSR count). The van der Waals surface area contributed by atoms with Gasteiger partial charge in [0, 0.05) is 18.8 Å². The monoisotopic (exact) mass is 177 g/mol. The molecule has 1 aromatic heterocycles. The molecule has 70 valence electrons. The number of hydrogen-bond acceptors (Lipinski definition) is 3. The van der Waals surface area contributed by atoms with E-state index in [-0.39, 0.29) is 0 Å². The van der Waals surface area contributed by atoms with Crippen LogP contribution >= 0.6 is 0 Å². The molecule has 1 aliphatic carbocycles. The number of nitrogens with one attached hydrogen (secondary N) is 1. The van der Waals surface area contributed by atoms with Crippen LogP contribution in [0.15, 0.2) is 18.6 Å². The Bertz CT molecular complexity index is 260. The fourth-order valence-corrected chi connectivity index (χ4v) is 1.63. The SMILES string of the molecule is CC1CCC1NCc1ccncn1. The Morgan fingerprint density at radius 2 is 2.46 bits per heavy atom. The third-order valence-electron chi connectivity index (χ3n) is 2.81. The van der Waals surface area contributed by atoms with E-state index < -0.39 is 0 Å². The normalized spacial score (nSPS) is 26.8. The minimum absolute atomic E-state index is 0.704. The summed E-state index contributed by atoms with van der Waals surface area (Å²) in [5.74, 6) is 0.835. The van der Waals surface area contributed by atoms with Crippen molar-refractivity contribution in [2.75, 3.05) is 0 Å². The second kappa shape index (κ2) is 3.83. The van der Waals surface area contributed by atoms with Gasteiger partial charge in [-0.15, -0.1) is 0 Å². The third-order valence-corrected chi connectivity index (χ3v) is 2.81. The molecule has 13 heavy (non-hydrogen) atoms. The summed E-state index contributed by atoms with van der Waals surface area (Å²) in [7, 11) is 0. The fraction of sp³-hybridized carbons (Fsp3) is 0.600. The highest BCUT2D eigenvalue weighted by Gasteiger charge is 2.25. The van der Waals surface area contributed by atoms with E-state index in [0.29, 0.717) is 6.04 Å². The molecule has 3 nitrogen and oxygen atoms in total. The van der Waals surface area contributed by atoms with Crippen molar-refractivity contribution in [2.24, 2.45) is 5.92 Å². The van der Waals surface area contributed by atoms with Crippen LogP contribution in [-0.4, -0.2) is 16.0 Å². The van der Waals surface area contributed by atoms with Crippen molar-refractivity contribution in [3.05, 3.63) is 24.3 Å². The van der Waals surface area contributed by atoms with Gasteiger partial charge in [0.25, 0.3) is 0 Å². The highest BCUT2D eigenvalue weighted by Crippen LogP contribution is 2.26. The molecule has 1 N–H and O–H groups in total. The summed E-state index contributed by atoms with van der Waals surface area (Å²) >= 11 is 0. The highest BCUT2D eigenvalue weighted by atomic mass is 15.0. The Kier molecular flexibility index (Phi) is 2.54. The lowest BCUT2D eigenvalue weighted by Gasteiger charge is -2.34. The van der Waals surface area contributed by atoms with Crippen molar-refractivity contribution in [3.63, 3.8) is 0 Å². The number of nitrogens with zero attached hydrogens (tertiary/aromatic N) is 2. The fourth-order valence-electron chi connectivity index (χ4n) is 1.63. The number of rotatable bonds is 3. The van der Waals surface area contributed by atoms with Crippen molar-refractivity contribution in [2.45, 2.75) is 32.4 Å². The van der Waals surface area contributed by atoms with Crippen LogP contribution in [0, 0.1) is 5.92 Å². The molecule has 1 saturated carbocycles. The molecule has 3 heteroatoms. The molecule has 1 aliphatic rings. The maximum Gasteiger partial charge on any atom is 0.115 e. The van der Waals surface area contributed by atoms with E-state index in [1.165, 1.54) is 12.8 Å². The Labute approximate surface area is 78.6 Å². The van der Waals surface area contributed by atoms with Crippen molar-refractivity contribution < 1.29 is 0 Å². The number of hydrogen-bond donors (Lipinski definition) is 1. The van der Waals surface area contributed by atoms with Crippen LogP contribution in [0.2, 0.25) is 0 Å². The van der Waals surface area contributed by atoms with Gasteiger partial charge >= 0.3 is 0 Å². The summed E-state index contributed by atoms with van der Waals surface area (Å²) in [6.07, 6.45) is 6.06. The lowest BCUT2D eigenvalue weighted by molar-refractivity contribution is 0.227. The zero-order valence-electron chi connectivity index (χ0n) is 7.90. The Balaban J connectivity index is 1.80. The lowest BCUT2D eigenvalue weighted by atomic mass is 9.81.